The molecule has 0 spiro atoms. The Labute approximate surface area is 117 Å². The summed E-state index contributed by atoms with van der Waals surface area (Å²) >= 11 is 0. The smallest absolute Gasteiger partial charge is 0.251 e. The highest BCUT2D eigenvalue weighted by molar-refractivity contribution is 5.95. The van der Waals surface area contributed by atoms with E-state index in [2.05, 4.69) is 10.3 Å². The average molecular weight is 275 g/mol. The molecule has 1 aromatic carbocycles. The molecule has 0 bridgehead atoms. The third-order valence-electron chi connectivity index (χ3n) is 2.86. The van der Waals surface area contributed by atoms with Crippen LogP contribution in [0.1, 0.15) is 17.3 Å². The lowest BCUT2D eigenvalue weighted by atomic mass is 10.1. The Morgan fingerprint density at radius 3 is 2.95 bits per heavy atom. The first-order chi connectivity index (χ1) is 9.60. The first-order valence-electron chi connectivity index (χ1n) is 6.23. The Morgan fingerprint density at radius 1 is 1.55 bits per heavy atom. The van der Waals surface area contributed by atoms with E-state index in [-0.39, 0.29) is 17.7 Å². The van der Waals surface area contributed by atoms with Gasteiger partial charge in [-0.3, -0.25) is 4.79 Å². The van der Waals surface area contributed by atoms with Crippen molar-refractivity contribution in [2.45, 2.75) is 19.5 Å². The van der Waals surface area contributed by atoms with E-state index in [1.54, 1.807) is 24.7 Å². The molecule has 6 heteroatoms. The molecular weight excluding hydrogens is 258 g/mol. The van der Waals surface area contributed by atoms with Crippen molar-refractivity contribution in [3.05, 3.63) is 42.5 Å². The minimum Gasteiger partial charge on any atom is -0.504 e. The van der Waals surface area contributed by atoms with E-state index in [4.69, 9.17) is 4.74 Å². The minimum atomic E-state index is -0.240. The van der Waals surface area contributed by atoms with Gasteiger partial charge < -0.3 is 19.7 Å². The zero-order valence-corrected chi connectivity index (χ0v) is 11.4. The molecular formula is C14H17N3O3. The molecule has 106 valence electrons. The van der Waals surface area contributed by atoms with Crippen LogP contribution in [0.2, 0.25) is 0 Å². The molecule has 1 unspecified atom stereocenters. The van der Waals surface area contributed by atoms with Gasteiger partial charge in [-0.2, -0.15) is 0 Å². The monoisotopic (exact) mass is 275 g/mol. The topological polar surface area (TPSA) is 76.4 Å². The van der Waals surface area contributed by atoms with Crippen LogP contribution in [0.5, 0.6) is 11.5 Å². The van der Waals surface area contributed by atoms with E-state index < -0.39 is 0 Å². The second kappa shape index (κ2) is 6.10. The van der Waals surface area contributed by atoms with E-state index in [1.807, 2.05) is 17.7 Å². The molecule has 1 aromatic heterocycles. The molecule has 1 heterocycles. The third-order valence-corrected chi connectivity index (χ3v) is 2.86. The van der Waals surface area contributed by atoms with Gasteiger partial charge in [0, 0.05) is 30.5 Å². The molecule has 20 heavy (non-hydrogen) atoms. The largest absolute Gasteiger partial charge is 0.504 e. The van der Waals surface area contributed by atoms with Gasteiger partial charge in [-0.05, 0) is 25.1 Å². The van der Waals surface area contributed by atoms with Crippen LogP contribution in [0.3, 0.4) is 0 Å². The molecule has 6 nitrogen and oxygen atoms in total. The lowest BCUT2D eigenvalue weighted by Gasteiger charge is -2.14. The number of phenols is 1. The molecule has 1 amide bonds. The van der Waals surface area contributed by atoms with Crippen LogP contribution < -0.4 is 10.1 Å². The second-order valence-electron chi connectivity index (χ2n) is 4.52. The predicted octanol–water partition coefficient (Wildman–Crippen LogP) is 1.42. The van der Waals surface area contributed by atoms with Crippen LogP contribution in [0.25, 0.3) is 0 Å². The van der Waals surface area contributed by atoms with Crippen molar-refractivity contribution >= 4 is 5.91 Å². The standard InChI is InChI=1S/C14H17N3O3/c1-10(8-17-6-5-15-9-17)16-14(19)11-3-4-13(20-2)12(18)7-11/h3-7,9-10,18H,8H2,1-2H3,(H,16,19). The fourth-order valence-corrected chi connectivity index (χ4v) is 1.89. The fraction of sp³-hybridized carbons (Fsp3) is 0.286. The number of methoxy groups -OCH3 is 1. The highest BCUT2D eigenvalue weighted by Gasteiger charge is 2.12. The number of ether oxygens (including phenoxy) is 1. The quantitative estimate of drug-likeness (QED) is 0.865. The maximum absolute atomic E-state index is 12.0. The lowest BCUT2D eigenvalue weighted by molar-refractivity contribution is 0.0936. The Bertz CT molecular complexity index is 581. The van der Waals surface area contributed by atoms with E-state index >= 15 is 0 Å². The number of nitrogens with zero attached hydrogens (tertiary/aromatic N) is 2. The van der Waals surface area contributed by atoms with Crippen LogP contribution in [0.15, 0.2) is 36.9 Å². The molecule has 0 saturated carbocycles. The van der Waals surface area contributed by atoms with Crippen molar-refractivity contribution in [2.24, 2.45) is 0 Å². The maximum Gasteiger partial charge on any atom is 0.251 e. The summed E-state index contributed by atoms with van der Waals surface area (Å²) in [4.78, 5) is 16.0. The van der Waals surface area contributed by atoms with Crippen molar-refractivity contribution in [2.75, 3.05) is 7.11 Å². The summed E-state index contributed by atoms with van der Waals surface area (Å²) < 4.78 is 6.82. The highest BCUT2D eigenvalue weighted by Crippen LogP contribution is 2.26. The Hall–Kier alpha value is -2.50. The molecule has 2 aromatic rings. The number of carbonyl (C=O) groups is 1. The van der Waals surface area contributed by atoms with Crippen molar-refractivity contribution < 1.29 is 14.6 Å². The molecule has 2 rings (SSSR count). The Morgan fingerprint density at radius 2 is 2.35 bits per heavy atom. The van der Waals surface area contributed by atoms with Gasteiger partial charge in [0.1, 0.15) is 0 Å². The third kappa shape index (κ3) is 3.28. The van der Waals surface area contributed by atoms with Gasteiger partial charge in [0.15, 0.2) is 11.5 Å². The number of hydrogen-bond acceptors (Lipinski definition) is 4. The first-order valence-corrected chi connectivity index (χ1v) is 6.23. The first kappa shape index (κ1) is 13.9. The molecule has 0 aliphatic rings. The number of benzene rings is 1. The summed E-state index contributed by atoms with van der Waals surface area (Å²) in [5, 5.41) is 12.5. The normalized spacial score (nSPS) is 11.9. The Kier molecular flexibility index (Phi) is 4.24. The maximum atomic E-state index is 12.0. The van der Waals surface area contributed by atoms with E-state index in [9.17, 15) is 9.90 Å². The number of amides is 1. The minimum absolute atomic E-state index is 0.0533. The lowest BCUT2D eigenvalue weighted by Crippen LogP contribution is -2.35. The van der Waals surface area contributed by atoms with Crippen LogP contribution in [-0.4, -0.2) is 33.7 Å². The SMILES string of the molecule is COc1ccc(C(=O)NC(C)Cn2ccnc2)cc1O. The molecule has 2 N–H and O–H groups in total. The molecule has 1 atom stereocenters. The van der Waals surface area contributed by atoms with Gasteiger partial charge in [0.05, 0.1) is 13.4 Å². The summed E-state index contributed by atoms with van der Waals surface area (Å²) in [5.74, 6) is 0.0472. The van der Waals surface area contributed by atoms with Gasteiger partial charge in [-0.25, -0.2) is 4.98 Å². The van der Waals surface area contributed by atoms with Crippen LogP contribution in [-0.2, 0) is 6.54 Å². The van der Waals surface area contributed by atoms with Crippen molar-refractivity contribution in [1.29, 1.82) is 0 Å². The van der Waals surface area contributed by atoms with Crippen LogP contribution >= 0.6 is 0 Å². The average Bonchev–Trinajstić information content (AvgIpc) is 2.91. The van der Waals surface area contributed by atoms with Crippen molar-refractivity contribution in [1.82, 2.24) is 14.9 Å². The molecule has 0 fully saturated rings. The summed E-state index contributed by atoms with van der Waals surface area (Å²) in [7, 11) is 1.46. The summed E-state index contributed by atoms with van der Waals surface area (Å²) in [6.45, 7) is 2.54. The number of phenolic OH excluding ortho intramolecular Hbond substituents is 1. The summed E-state index contributed by atoms with van der Waals surface area (Å²) in [6, 6.07) is 4.50. The number of aromatic nitrogens is 2. The number of imidazole rings is 1. The number of rotatable bonds is 5. The van der Waals surface area contributed by atoms with Gasteiger partial charge >= 0.3 is 0 Å². The highest BCUT2D eigenvalue weighted by atomic mass is 16.5. The van der Waals surface area contributed by atoms with Gasteiger partial charge in [0.25, 0.3) is 5.91 Å². The van der Waals surface area contributed by atoms with Crippen LogP contribution in [0.4, 0.5) is 0 Å². The predicted molar refractivity (Wildman–Crippen MR) is 73.8 cm³/mol. The van der Waals surface area contributed by atoms with E-state index in [0.717, 1.165) is 0 Å². The summed E-state index contributed by atoms with van der Waals surface area (Å²) in [5.41, 5.74) is 0.390. The number of carbonyl (C=O) groups excluding carboxylic acids is 1. The zero-order chi connectivity index (χ0) is 14.5. The molecule has 0 aliphatic carbocycles. The van der Waals surface area contributed by atoms with E-state index in [0.29, 0.717) is 17.9 Å². The number of aromatic hydroxyl groups is 1. The van der Waals surface area contributed by atoms with Gasteiger partial charge in [0.2, 0.25) is 0 Å². The number of nitrogens with one attached hydrogen (secondary N) is 1. The van der Waals surface area contributed by atoms with Crippen molar-refractivity contribution in [3.8, 4) is 11.5 Å². The summed E-state index contributed by atoms with van der Waals surface area (Å²) in [6.07, 6.45) is 5.22. The Balaban J connectivity index is 1.99. The van der Waals surface area contributed by atoms with Gasteiger partial charge in [-0.15, -0.1) is 0 Å². The van der Waals surface area contributed by atoms with E-state index in [1.165, 1.54) is 13.2 Å². The number of hydrogen-bond donors (Lipinski definition) is 2. The molecule has 0 saturated heterocycles. The second-order valence-corrected chi connectivity index (χ2v) is 4.52. The van der Waals surface area contributed by atoms with Crippen molar-refractivity contribution in [3.63, 3.8) is 0 Å². The molecule has 0 radical (unpaired) electrons. The fourth-order valence-electron chi connectivity index (χ4n) is 1.89. The zero-order valence-electron chi connectivity index (χ0n) is 11.4. The van der Waals surface area contributed by atoms with Crippen LogP contribution in [0, 0.1) is 0 Å². The molecule has 0 aliphatic heterocycles. The van der Waals surface area contributed by atoms with Gasteiger partial charge in [-0.1, -0.05) is 0 Å².